The van der Waals surface area contributed by atoms with Crippen LogP contribution >= 0.6 is 0 Å². The number of nitrogens with one attached hydrogen (secondary N) is 2. The highest BCUT2D eigenvalue weighted by Gasteiger charge is 2.12. The molecular formula is C18H20N2O6. The molecule has 0 atom stereocenters. The molecule has 0 aliphatic rings. The van der Waals surface area contributed by atoms with Crippen molar-refractivity contribution in [2.24, 2.45) is 0 Å². The Morgan fingerprint density at radius 2 is 1.92 bits per heavy atom. The zero-order chi connectivity index (χ0) is 18.9. The highest BCUT2D eigenvalue weighted by molar-refractivity contribution is 5.95. The monoisotopic (exact) mass is 360 g/mol. The van der Waals surface area contributed by atoms with Crippen LogP contribution in [0.4, 0.5) is 4.79 Å². The van der Waals surface area contributed by atoms with Crippen LogP contribution in [0.15, 0.2) is 41.0 Å². The van der Waals surface area contributed by atoms with Crippen LogP contribution in [0.3, 0.4) is 0 Å². The van der Waals surface area contributed by atoms with Crippen LogP contribution in [0.25, 0.3) is 0 Å². The van der Waals surface area contributed by atoms with Crippen molar-refractivity contribution in [2.45, 2.75) is 20.4 Å². The van der Waals surface area contributed by atoms with Crippen LogP contribution in [-0.4, -0.2) is 31.1 Å². The van der Waals surface area contributed by atoms with Gasteiger partial charge in [0.05, 0.1) is 12.8 Å². The fraction of sp³-hybridized carbons (Fsp3) is 0.278. The molecule has 0 unspecified atom stereocenters. The Kier molecular flexibility index (Phi) is 6.78. The van der Waals surface area contributed by atoms with Gasteiger partial charge in [0.25, 0.3) is 5.91 Å². The number of furan rings is 1. The number of hydrogen-bond acceptors (Lipinski definition) is 6. The van der Waals surface area contributed by atoms with E-state index in [1.165, 1.54) is 6.26 Å². The van der Waals surface area contributed by atoms with E-state index in [9.17, 15) is 14.4 Å². The lowest BCUT2D eigenvalue weighted by atomic mass is 10.1. The molecule has 138 valence electrons. The fourth-order valence-corrected chi connectivity index (χ4v) is 2.07. The Balaban J connectivity index is 1.64. The van der Waals surface area contributed by atoms with Crippen molar-refractivity contribution >= 4 is 17.9 Å². The molecule has 0 bridgehead atoms. The molecule has 0 saturated heterocycles. The first-order valence-corrected chi connectivity index (χ1v) is 7.90. The molecule has 0 fully saturated rings. The van der Waals surface area contributed by atoms with Crippen LogP contribution in [0.5, 0.6) is 5.75 Å². The number of benzene rings is 1. The van der Waals surface area contributed by atoms with Gasteiger partial charge in [0, 0.05) is 0 Å². The maximum absolute atomic E-state index is 11.6. The van der Waals surface area contributed by atoms with Gasteiger partial charge < -0.3 is 19.2 Å². The maximum atomic E-state index is 11.6. The van der Waals surface area contributed by atoms with Crippen LogP contribution < -0.4 is 15.4 Å². The second-order valence-corrected chi connectivity index (χ2v) is 5.53. The highest BCUT2D eigenvalue weighted by Crippen LogP contribution is 2.18. The van der Waals surface area contributed by atoms with E-state index in [1.54, 1.807) is 18.2 Å². The zero-order valence-electron chi connectivity index (χ0n) is 14.5. The lowest BCUT2D eigenvalue weighted by molar-refractivity contribution is -0.150. The molecule has 1 aromatic carbocycles. The minimum atomic E-state index is -0.748. The third-order valence-corrected chi connectivity index (χ3v) is 3.30. The molecule has 1 heterocycles. The Morgan fingerprint density at radius 3 is 2.62 bits per heavy atom. The second kappa shape index (κ2) is 9.26. The van der Waals surface area contributed by atoms with Crippen LogP contribution in [0.1, 0.15) is 16.9 Å². The van der Waals surface area contributed by atoms with E-state index in [0.717, 1.165) is 11.1 Å². The van der Waals surface area contributed by atoms with E-state index < -0.39 is 24.5 Å². The number of aryl methyl sites for hydroxylation is 2. The smallest absolute Gasteiger partial charge is 0.344 e. The van der Waals surface area contributed by atoms with Crippen LogP contribution in [0.2, 0.25) is 0 Å². The molecule has 8 nitrogen and oxygen atoms in total. The molecule has 0 saturated carbocycles. The van der Waals surface area contributed by atoms with E-state index in [4.69, 9.17) is 13.9 Å². The summed E-state index contributed by atoms with van der Waals surface area (Å²) in [5.41, 5.74) is 1.98. The maximum Gasteiger partial charge on any atom is 0.344 e. The molecule has 0 radical (unpaired) electrons. The van der Waals surface area contributed by atoms with E-state index >= 15 is 0 Å². The lowest BCUT2D eigenvalue weighted by Crippen LogP contribution is -2.41. The van der Waals surface area contributed by atoms with Gasteiger partial charge in [-0.15, -0.1) is 0 Å². The van der Waals surface area contributed by atoms with Crippen LogP contribution in [-0.2, 0) is 20.9 Å². The van der Waals surface area contributed by atoms with Gasteiger partial charge in [-0.1, -0.05) is 17.7 Å². The minimum Gasteiger partial charge on any atom is -0.482 e. The highest BCUT2D eigenvalue weighted by atomic mass is 16.6. The van der Waals surface area contributed by atoms with Gasteiger partial charge in [-0.25, -0.2) is 9.59 Å². The number of urea groups is 1. The Hall–Kier alpha value is -3.29. The van der Waals surface area contributed by atoms with E-state index in [0.29, 0.717) is 11.5 Å². The summed E-state index contributed by atoms with van der Waals surface area (Å²) < 4.78 is 15.2. The summed E-state index contributed by atoms with van der Waals surface area (Å²) >= 11 is 0. The van der Waals surface area contributed by atoms with Crippen molar-refractivity contribution in [2.75, 3.05) is 13.2 Å². The van der Waals surface area contributed by atoms with Gasteiger partial charge in [0.2, 0.25) is 0 Å². The average Bonchev–Trinajstić information content (AvgIpc) is 3.11. The summed E-state index contributed by atoms with van der Waals surface area (Å²) in [6.45, 7) is 3.04. The summed E-state index contributed by atoms with van der Waals surface area (Å²) in [5.74, 6) is -0.352. The first-order chi connectivity index (χ1) is 12.4. The van der Waals surface area contributed by atoms with Gasteiger partial charge in [-0.05, 0) is 37.6 Å². The van der Waals surface area contributed by atoms with E-state index in [2.05, 4.69) is 5.32 Å². The Bertz CT molecular complexity index is 770. The SMILES string of the molecule is Cc1ccc(OCC(=O)OCC(=O)NC(=O)NCc2ccco2)c(C)c1. The number of ether oxygens (including phenoxy) is 2. The van der Waals surface area contributed by atoms with Crippen molar-refractivity contribution in [3.8, 4) is 5.75 Å². The molecule has 2 aromatic rings. The normalized spacial score (nSPS) is 10.1. The van der Waals surface area contributed by atoms with Gasteiger partial charge in [-0.3, -0.25) is 10.1 Å². The van der Waals surface area contributed by atoms with Crippen molar-refractivity contribution < 1.29 is 28.3 Å². The van der Waals surface area contributed by atoms with Gasteiger partial charge in [0.15, 0.2) is 13.2 Å². The first-order valence-electron chi connectivity index (χ1n) is 7.90. The van der Waals surface area contributed by atoms with Crippen molar-refractivity contribution in [1.29, 1.82) is 0 Å². The quantitative estimate of drug-likeness (QED) is 0.730. The molecule has 8 heteroatoms. The predicted molar refractivity (Wildman–Crippen MR) is 91.5 cm³/mol. The summed E-state index contributed by atoms with van der Waals surface area (Å²) in [4.78, 5) is 34.7. The number of carbonyl (C=O) groups is 3. The fourth-order valence-electron chi connectivity index (χ4n) is 2.07. The number of amides is 3. The summed E-state index contributed by atoms with van der Waals surface area (Å²) in [6, 6.07) is 8.19. The zero-order valence-corrected chi connectivity index (χ0v) is 14.5. The van der Waals surface area contributed by atoms with Gasteiger partial charge >= 0.3 is 12.0 Å². The third-order valence-electron chi connectivity index (χ3n) is 3.30. The van der Waals surface area contributed by atoms with Gasteiger partial charge in [0.1, 0.15) is 11.5 Å². The number of hydrogen-bond donors (Lipinski definition) is 2. The average molecular weight is 360 g/mol. The number of imide groups is 1. The summed E-state index contributed by atoms with van der Waals surface area (Å²) in [6.07, 6.45) is 1.47. The summed E-state index contributed by atoms with van der Waals surface area (Å²) in [5, 5.41) is 4.47. The van der Waals surface area contributed by atoms with Crippen molar-refractivity contribution in [1.82, 2.24) is 10.6 Å². The number of carbonyl (C=O) groups excluding carboxylic acids is 3. The van der Waals surface area contributed by atoms with Crippen molar-refractivity contribution in [3.05, 3.63) is 53.5 Å². The largest absolute Gasteiger partial charge is 0.482 e. The third kappa shape index (κ3) is 6.31. The lowest BCUT2D eigenvalue weighted by Gasteiger charge is -2.10. The number of rotatable bonds is 7. The van der Waals surface area contributed by atoms with E-state index in [-0.39, 0.29) is 13.2 Å². The van der Waals surface area contributed by atoms with E-state index in [1.807, 2.05) is 31.3 Å². The Labute approximate surface area is 150 Å². The van der Waals surface area contributed by atoms with Crippen molar-refractivity contribution in [3.63, 3.8) is 0 Å². The standard InChI is InChI=1S/C18H20N2O6/c1-12-5-6-15(13(2)8-12)25-11-17(22)26-10-16(21)20-18(23)19-9-14-4-3-7-24-14/h3-8H,9-11H2,1-2H3,(H2,19,20,21,23). The number of esters is 1. The molecule has 3 amide bonds. The molecular weight excluding hydrogens is 340 g/mol. The molecule has 0 aliphatic carbocycles. The second-order valence-electron chi connectivity index (χ2n) is 5.53. The molecule has 0 spiro atoms. The molecule has 0 aliphatic heterocycles. The molecule has 2 N–H and O–H groups in total. The molecule has 1 aromatic heterocycles. The minimum absolute atomic E-state index is 0.135. The summed E-state index contributed by atoms with van der Waals surface area (Å²) in [7, 11) is 0. The molecule has 2 rings (SSSR count). The predicted octanol–water partition coefficient (Wildman–Crippen LogP) is 1.84. The first kappa shape index (κ1) is 19.0. The van der Waals surface area contributed by atoms with Gasteiger partial charge in [-0.2, -0.15) is 0 Å². The Morgan fingerprint density at radius 1 is 1.12 bits per heavy atom. The topological polar surface area (TPSA) is 107 Å². The van der Waals surface area contributed by atoms with Crippen LogP contribution in [0, 0.1) is 13.8 Å². The molecule has 26 heavy (non-hydrogen) atoms.